The zero-order valence-corrected chi connectivity index (χ0v) is 13.6. The summed E-state index contributed by atoms with van der Waals surface area (Å²) >= 11 is 0. The summed E-state index contributed by atoms with van der Waals surface area (Å²) in [5.74, 6) is -1.12. The number of hydrogen-bond acceptors (Lipinski definition) is 5. The number of nitrogens with zero attached hydrogens (tertiary/aromatic N) is 3. The number of hydrogen-bond donors (Lipinski definition) is 0. The molecule has 3 rings (SSSR count). The van der Waals surface area contributed by atoms with Crippen LogP contribution in [0.15, 0.2) is 34.9 Å². The highest BCUT2D eigenvalue weighted by Crippen LogP contribution is 2.28. The standard InChI is InChI=1S/C17H17N3O4/c1-10-14(12(3)24-18-10)9-19-15(21)16(22)20(17(19)23)11(2)13-7-5-4-6-8-13/h4-8,11H,9H2,1-3H3. The second-order valence-corrected chi connectivity index (χ2v) is 5.74. The normalized spacial score (nSPS) is 16.2. The summed E-state index contributed by atoms with van der Waals surface area (Å²) in [6, 6.07) is 7.96. The fourth-order valence-electron chi connectivity index (χ4n) is 2.77. The van der Waals surface area contributed by atoms with Crippen LogP contribution >= 0.6 is 0 Å². The summed E-state index contributed by atoms with van der Waals surface area (Å²) in [5, 5.41) is 3.81. The second-order valence-electron chi connectivity index (χ2n) is 5.74. The van der Waals surface area contributed by atoms with Gasteiger partial charge in [-0.1, -0.05) is 35.5 Å². The third-order valence-corrected chi connectivity index (χ3v) is 4.25. The third-order valence-electron chi connectivity index (χ3n) is 4.25. The van der Waals surface area contributed by atoms with Crippen LogP contribution < -0.4 is 0 Å². The van der Waals surface area contributed by atoms with Crippen LogP contribution in [-0.4, -0.2) is 32.8 Å². The maximum Gasteiger partial charge on any atom is 0.335 e. The molecule has 1 unspecified atom stereocenters. The number of carbonyl (C=O) groups is 3. The van der Waals surface area contributed by atoms with E-state index >= 15 is 0 Å². The van der Waals surface area contributed by atoms with Gasteiger partial charge in [0, 0.05) is 5.56 Å². The highest BCUT2D eigenvalue weighted by molar-refractivity contribution is 6.44. The van der Waals surface area contributed by atoms with Crippen LogP contribution in [0.25, 0.3) is 0 Å². The monoisotopic (exact) mass is 327 g/mol. The van der Waals surface area contributed by atoms with E-state index in [1.54, 1.807) is 20.8 Å². The lowest BCUT2D eigenvalue weighted by atomic mass is 10.1. The first-order valence-corrected chi connectivity index (χ1v) is 7.57. The minimum Gasteiger partial charge on any atom is -0.361 e. The maximum absolute atomic E-state index is 12.6. The molecule has 24 heavy (non-hydrogen) atoms. The van der Waals surface area contributed by atoms with Crippen molar-refractivity contribution in [3.05, 3.63) is 52.9 Å². The van der Waals surface area contributed by atoms with Gasteiger partial charge in [0.2, 0.25) is 0 Å². The Morgan fingerprint density at radius 2 is 1.75 bits per heavy atom. The zero-order chi connectivity index (χ0) is 17.4. The zero-order valence-electron chi connectivity index (χ0n) is 13.6. The van der Waals surface area contributed by atoms with Crippen molar-refractivity contribution in [2.45, 2.75) is 33.4 Å². The van der Waals surface area contributed by atoms with Crippen LogP contribution in [0.2, 0.25) is 0 Å². The van der Waals surface area contributed by atoms with Crippen LogP contribution in [-0.2, 0) is 16.1 Å². The van der Waals surface area contributed by atoms with E-state index in [9.17, 15) is 14.4 Å². The van der Waals surface area contributed by atoms with Crippen LogP contribution in [0.3, 0.4) is 0 Å². The van der Waals surface area contributed by atoms with Crippen molar-refractivity contribution in [1.82, 2.24) is 15.0 Å². The first kappa shape index (κ1) is 15.9. The molecule has 0 spiro atoms. The van der Waals surface area contributed by atoms with Crippen molar-refractivity contribution in [3.63, 3.8) is 0 Å². The molecule has 4 amide bonds. The van der Waals surface area contributed by atoms with Crippen molar-refractivity contribution < 1.29 is 18.9 Å². The van der Waals surface area contributed by atoms with Gasteiger partial charge < -0.3 is 4.52 Å². The Hall–Kier alpha value is -2.96. The molecule has 1 saturated heterocycles. The van der Waals surface area contributed by atoms with Crippen molar-refractivity contribution in [1.29, 1.82) is 0 Å². The lowest BCUT2D eigenvalue weighted by Gasteiger charge is -2.22. The van der Waals surface area contributed by atoms with Gasteiger partial charge in [-0.05, 0) is 26.3 Å². The summed E-state index contributed by atoms with van der Waals surface area (Å²) in [7, 11) is 0. The van der Waals surface area contributed by atoms with Gasteiger partial charge in [0.05, 0.1) is 18.3 Å². The number of amides is 4. The molecular formula is C17H17N3O4. The lowest BCUT2D eigenvalue weighted by molar-refractivity contribution is -0.144. The number of aryl methyl sites for hydroxylation is 2. The molecular weight excluding hydrogens is 310 g/mol. The predicted octanol–water partition coefficient (Wildman–Crippen LogP) is 2.34. The Morgan fingerprint density at radius 1 is 1.08 bits per heavy atom. The molecule has 1 aliphatic heterocycles. The fraction of sp³-hybridized carbons (Fsp3) is 0.294. The molecule has 2 heterocycles. The smallest absolute Gasteiger partial charge is 0.335 e. The van der Waals surface area contributed by atoms with E-state index in [4.69, 9.17) is 4.52 Å². The molecule has 1 aromatic carbocycles. The molecule has 2 aromatic rings. The number of rotatable bonds is 4. The first-order valence-electron chi connectivity index (χ1n) is 7.57. The van der Waals surface area contributed by atoms with Crippen molar-refractivity contribution in [3.8, 4) is 0 Å². The summed E-state index contributed by atoms with van der Waals surface area (Å²) < 4.78 is 5.05. The molecule has 124 valence electrons. The summed E-state index contributed by atoms with van der Waals surface area (Å²) in [6.45, 7) is 5.12. The molecule has 7 nitrogen and oxygen atoms in total. The van der Waals surface area contributed by atoms with Gasteiger partial charge in [0.25, 0.3) is 0 Å². The average molecular weight is 327 g/mol. The fourth-order valence-corrected chi connectivity index (χ4v) is 2.77. The molecule has 0 bridgehead atoms. The van der Waals surface area contributed by atoms with Gasteiger partial charge in [0.1, 0.15) is 5.76 Å². The highest BCUT2D eigenvalue weighted by Gasteiger charge is 2.47. The van der Waals surface area contributed by atoms with E-state index in [0.717, 1.165) is 15.4 Å². The van der Waals surface area contributed by atoms with Crippen molar-refractivity contribution in [2.24, 2.45) is 0 Å². The van der Waals surface area contributed by atoms with E-state index in [1.165, 1.54) is 0 Å². The molecule has 1 fully saturated rings. The van der Waals surface area contributed by atoms with E-state index in [-0.39, 0.29) is 6.54 Å². The minimum absolute atomic E-state index is 0.0252. The molecule has 0 radical (unpaired) electrons. The summed E-state index contributed by atoms with van der Waals surface area (Å²) in [6.07, 6.45) is 0. The summed E-state index contributed by atoms with van der Waals surface area (Å²) in [5.41, 5.74) is 2.01. The molecule has 1 atom stereocenters. The highest BCUT2D eigenvalue weighted by atomic mass is 16.5. The maximum atomic E-state index is 12.6. The van der Waals surface area contributed by atoms with E-state index < -0.39 is 23.9 Å². The topological polar surface area (TPSA) is 83.7 Å². The van der Waals surface area contributed by atoms with E-state index in [0.29, 0.717) is 17.0 Å². The van der Waals surface area contributed by atoms with E-state index in [2.05, 4.69) is 5.16 Å². The van der Waals surface area contributed by atoms with Gasteiger partial charge >= 0.3 is 17.8 Å². The number of aromatic nitrogens is 1. The molecule has 1 aliphatic rings. The quantitative estimate of drug-likeness (QED) is 0.636. The van der Waals surface area contributed by atoms with Gasteiger partial charge in [-0.2, -0.15) is 0 Å². The van der Waals surface area contributed by atoms with Gasteiger partial charge in [0.15, 0.2) is 0 Å². The molecule has 1 aromatic heterocycles. The van der Waals surface area contributed by atoms with Gasteiger partial charge in [-0.25, -0.2) is 9.69 Å². The van der Waals surface area contributed by atoms with Crippen LogP contribution in [0, 0.1) is 13.8 Å². The number of benzene rings is 1. The average Bonchev–Trinajstić information content (AvgIpc) is 3.00. The molecule has 0 saturated carbocycles. The summed E-state index contributed by atoms with van der Waals surface area (Å²) in [4.78, 5) is 39.2. The van der Waals surface area contributed by atoms with Crippen LogP contribution in [0.1, 0.15) is 35.5 Å². The Labute approximate surface area is 138 Å². The molecule has 0 aliphatic carbocycles. The minimum atomic E-state index is -0.831. The predicted molar refractivity (Wildman–Crippen MR) is 83.6 cm³/mol. The number of carbonyl (C=O) groups excluding carboxylic acids is 3. The largest absolute Gasteiger partial charge is 0.361 e. The number of imide groups is 2. The Balaban J connectivity index is 1.88. The van der Waals surface area contributed by atoms with Gasteiger partial charge in [-0.15, -0.1) is 0 Å². The molecule has 7 heteroatoms. The van der Waals surface area contributed by atoms with Crippen molar-refractivity contribution >= 4 is 17.8 Å². The van der Waals surface area contributed by atoms with Crippen molar-refractivity contribution in [2.75, 3.05) is 0 Å². The van der Waals surface area contributed by atoms with Crippen LogP contribution in [0.5, 0.6) is 0 Å². The number of urea groups is 1. The Kier molecular flexibility index (Phi) is 3.92. The van der Waals surface area contributed by atoms with Crippen LogP contribution in [0.4, 0.5) is 4.79 Å². The SMILES string of the molecule is Cc1noc(C)c1CN1C(=O)C(=O)N(C(C)c2ccccc2)C1=O. The lowest BCUT2D eigenvalue weighted by Crippen LogP contribution is -2.35. The first-order chi connectivity index (χ1) is 11.4. The molecule has 0 N–H and O–H groups in total. The second kappa shape index (κ2) is 5.92. The Bertz CT molecular complexity index is 793. The van der Waals surface area contributed by atoms with Gasteiger partial charge in [-0.3, -0.25) is 14.5 Å². The third kappa shape index (κ3) is 2.47. The van der Waals surface area contributed by atoms with E-state index in [1.807, 2.05) is 30.3 Å². The Morgan fingerprint density at radius 3 is 2.33 bits per heavy atom.